The molecule has 0 unspecified atom stereocenters. The zero-order chi connectivity index (χ0) is 9.35. The number of rotatable bonds is 3. The zero-order valence-electron chi connectivity index (χ0n) is 7.15. The SMILES string of the molecule is CC1(C)[C@H](C(=O)O)[C@@H]1/C=C/C=O. The van der Waals surface area contributed by atoms with Crippen LogP contribution in [0.2, 0.25) is 0 Å². The third-order valence-corrected chi connectivity index (χ3v) is 2.57. The average molecular weight is 168 g/mol. The van der Waals surface area contributed by atoms with Crippen molar-refractivity contribution >= 4 is 12.3 Å². The lowest BCUT2D eigenvalue weighted by molar-refractivity contribution is -0.139. The largest absolute Gasteiger partial charge is 0.481 e. The molecule has 0 aliphatic heterocycles. The summed E-state index contributed by atoms with van der Waals surface area (Å²) in [6.45, 7) is 3.79. The second-order valence-corrected chi connectivity index (χ2v) is 3.68. The minimum absolute atomic E-state index is 0.0141. The first-order valence-corrected chi connectivity index (χ1v) is 3.86. The van der Waals surface area contributed by atoms with Gasteiger partial charge in [0.05, 0.1) is 5.92 Å². The first-order valence-electron chi connectivity index (χ1n) is 3.86. The Morgan fingerprint density at radius 1 is 1.50 bits per heavy atom. The lowest BCUT2D eigenvalue weighted by Crippen LogP contribution is -2.02. The summed E-state index contributed by atoms with van der Waals surface area (Å²) in [7, 11) is 0. The molecule has 0 amide bonds. The van der Waals surface area contributed by atoms with Crippen LogP contribution < -0.4 is 0 Å². The summed E-state index contributed by atoms with van der Waals surface area (Å²) in [6.07, 6.45) is 3.72. The van der Waals surface area contributed by atoms with Crippen molar-refractivity contribution in [2.24, 2.45) is 17.3 Å². The van der Waals surface area contributed by atoms with Gasteiger partial charge in [-0.25, -0.2) is 0 Å². The Labute approximate surface area is 71.1 Å². The maximum atomic E-state index is 10.6. The smallest absolute Gasteiger partial charge is 0.307 e. The molecule has 0 radical (unpaired) electrons. The molecule has 0 heterocycles. The van der Waals surface area contributed by atoms with Crippen molar-refractivity contribution < 1.29 is 14.7 Å². The number of allylic oxidation sites excluding steroid dienone is 2. The average Bonchev–Trinajstić information content (AvgIpc) is 2.49. The van der Waals surface area contributed by atoms with Crippen LogP contribution in [0.3, 0.4) is 0 Å². The van der Waals surface area contributed by atoms with Crippen molar-refractivity contribution in [1.29, 1.82) is 0 Å². The second kappa shape index (κ2) is 2.73. The molecule has 0 saturated heterocycles. The normalized spacial score (nSPS) is 31.8. The Morgan fingerprint density at radius 3 is 2.42 bits per heavy atom. The van der Waals surface area contributed by atoms with Gasteiger partial charge in [-0.1, -0.05) is 19.9 Å². The number of hydrogen-bond donors (Lipinski definition) is 1. The van der Waals surface area contributed by atoms with E-state index in [1.807, 2.05) is 13.8 Å². The molecule has 1 saturated carbocycles. The van der Waals surface area contributed by atoms with Gasteiger partial charge in [0.1, 0.15) is 6.29 Å². The van der Waals surface area contributed by atoms with E-state index in [1.54, 1.807) is 6.08 Å². The highest BCUT2D eigenvalue weighted by Gasteiger charge is 2.60. The summed E-state index contributed by atoms with van der Waals surface area (Å²) in [5.74, 6) is -1.09. The van der Waals surface area contributed by atoms with E-state index in [1.165, 1.54) is 6.08 Å². The van der Waals surface area contributed by atoms with Gasteiger partial charge in [0.25, 0.3) is 0 Å². The monoisotopic (exact) mass is 168 g/mol. The Hall–Kier alpha value is -1.12. The number of carboxylic acids is 1. The van der Waals surface area contributed by atoms with Crippen LogP contribution >= 0.6 is 0 Å². The Kier molecular flexibility index (Phi) is 2.04. The molecule has 1 fully saturated rings. The molecule has 0 aromatic rings. The highest BCUT2D eigenvalue weighted by Crippen LogP contribution is 2.58. The van der Waals surface area contributed by atoms with Crippen molar-refractivity contribution in [2.45, 2.75) is 13.8 Å². The molecule has 0 bridgehead atoms. The third-order valence-electron chi connectivity index (χ3n) is 2.57. The van der Waals surface area contributed by atoms with Crippen LogP contribution in [0.15, 0.2) is 12.2 Å². The summed E-state index contributed by atoms with van der Waals surface area (Å²) >= 11 is 0. The number of carboxylic acid groups (broad SMARTS) is 1. The lowest BCUT2D eigenvalue weighted by atomic mass is 10.1. The van der Waals surface area contributed by atoms with E-state index in [2.05, 4.69) is 0 Å². The van der Waals surface area contributed by atoms with Crippen LogP contribution in [0.25, 0.3) is 0 Å². The van der Waals surface area contributed by atoms with Gasteiger partial charge in [-0.2, -0.15) is 0 Å². The van der Waals surface area contributed by atoms with Crippen LogP contribution in [0, 0.1) is 17.3 Å². The lowest BCUT2D eigenvalue weighted by Gasteiger charge is -1.95. The third kappa shape index (κ3) is 1.26. The molecular weight excluding hydrogens is 156 g/mol. The van der Waals surface area contributed by atoms with Crippen LogP contribution in [-0.2, 0) is 9.59 Å². The van der Waals surface area contributed by atoms with Gasteiger partial charge in [-0.15, -0.1) is 0 Å². The first-order chi connectivity index (χ1) is 5.51. The second-order valence-electron chi connectivity index (χ2n) is 3.68. The predicted octanol–water partition coefficient (Wildman–Crippen LogP) is 1.10. The molecule has 66 valence electrons. The van der Waals surface area contributed by atoms with Gasteiger partial charge in [0.15, 0.2) is 0 Å². The fourth-order valence-electron chi connectivity index (χ4n) is 1.67. The minimum atomic E-state index is -0.777. The Morgan fingerprint density at radius 2 is 2.08 bits per heavy atom. The van der Waals surface area contributed by atoms with Crippen molar-refractivity contribution in [1.82, 2.24) is 0 Å². The van der Waals surface area contributed by atoms with E-state index in [0.717, 1.165) is 0 Å². The fourth-order valence-corrected chi connectivity index (χ4v) is 1.67. The van der Waals surface area contributed by atoms with Crippen LogP contribution in [0.4, 0.5) is 0 Å². The van der Waals surface area contributed by atoms with Gasteiger partial charge >= 0.3 is 5.97 Å². The number of aliphatic carboxylic acids is 1. The molecule has 3 heteroatoms. The molecule has 12 heavy (non-hydrogen) atoms. The van der Waals surface area contributed by atoms with Gasteiger partial charge in [-0.05, 0) is 17.4 Å². The summed E-state index contributed by atoms with van der Waals surface area (Å²) in [6, 6.07) is 0. The molecule has 0 spiro atoms. The molecule has 0 aromatic carbocycles. The summed E-state index contributed by atoms with van der Waals surface area (Å²) in [5.41, 5.74) is -0.189. The fraction of sp³-hybridized carbons (Fsp3) is 0.556. The quantitative estimate of drug-likeness (QED) is 0.507. The molecule has 1 aliphatic rings. The summed E-state index contributed by atoms with van der Waals surface area (Å²) in [5, 5.41) is 8.74. The Bertz CT molecular complexity index is 240. The maximum absolute atomic E-state index is 10.6. The van der Waals surface area contributed by atoms with Crippen molar-refractivity contribution in [3.63, 3.8) is 0 Å². The van der Waals surface area contributed by atoms with E-state index in [4.69, 9.17) is 5.11 Å². The van der Waals surface area contributed by atoms with Crippen LogP contribution in [0.1, 0.15) is 13.8 Å². The topological polar surface area (TPSA) is 54.4 Å². The molecule has 1 rings (SSSR count). The standard InChI is InChI=1S/C9H12O3/c1-9(2)6(4-3-5-10)7(9)8(11)12/h3-7H,1-2H3,(H,11,12)/b4-3+/t6-,7-/m0/s1. The molecule has 3 nitrogen and oxygen atoms in total. The van der Waals surface area contributed by atoms with E-state index in [0.29, 0.717) is 6.29 Å². The molecule has 1 N–H and O–H groups in total. The minimum Gasteiger partial charge on any atom is -0.481 e. The molecule has 2 atom stereocenters. The van der Waals surface area contributed by atoms with Crippen molar-refractivity contribution in [2.75, 3.05) is 0 Å². The molecule has 1 aliphatic carbocycles. The zero-order valence-corrected chi connectivity index (χ0v) is 7.15. The predicted molar refractivity (Wildman–Crippen MR) is 43.6 cm³/mol. The number of carbonyl (C=O) groups excluding carboxylic acids is 1. The number of hydrogen-bond acceptors (Lipinski definition) is 2. The van der Waals surface area contributed by atoms with Gasteiger partial charge < -0.3 is 5.11 Å². The molecular formula is C9H12O3. The van der Waals surface area contributed by atoms with Crippen molar-refractivity contribution in [3.05, 3.63) is 12.2 Å². The maximum Gasteiger partial charge on any atom is 0.307 e. The summed E-state index contributed by atoms with van der Waals surface area (Å²) < 4.78 is 0. The van der Waals surface area contributed by atoms with Crippen LogP contribution in [-0.4, -0.2) is 17.4 Å². The summed E-state index contributed by atoms with van der Waals surface area (Å²) in [4.78, 5) is 20.6. The van der Waals surface area contributed by atoms with E-state index in [-0.39, 0.29) is 17.3 Å². The number of carbonyl (C=O) groups is 2. The van der Waals surface area contributed by atoms with Gasteiger partial charge in [0.2, 0.25) is 0 Å². The first kappa shape index (κ1) is 8.97. The highest BCUT2D eigenvalue weighted by atomic mass is 16.4. The Balaban J connectivity index is 2.66. The molecule has 0 aromatic heterocycles. The van der Waals surface area contributed by atoms with Gasteiger partial charge in [-0.3, -0.25) is 9.59 Å². The van der Waals surface area contributed by atoms with E-state index < -0.39 is 5.97 Å². The van der Waals surface area contributed by atoms with Gasteiger partial charge in [0, 0.05) is 0 Å². The van der Waals surface area contributed by atoms with Crippen molar-refractivity contribution in [3.8, 4) is 0 Å². The van der Waals surface area contributed by atoms with Crippen LogP contribution in [0.5, 0.6) is 0 Å². The highest BCUT2D eigenvalue weighted by molar-refractivity contribution is 5.76. The number of aldehydes is 1. The van der Waals surface area contributed by atoms with E-state index >= 15 is 0 Å². The van der Waals surface area contributed by atoms with E-state index in [9.17, 15) is 9.59 Å².